The van der Waals surface area contributed by atoms with Crippen molar-refractivity contribution in [2.45, 2.75) is 211 Å². The summed E-state index contributed by atoms with van der Waals surface area (Å²) in [6.07, 6.45) is -19.2. The number of rotatable bonds is 10. The second kappa shape index (κ2) is 18.2. The molecule has 67 heavy (non-hydrogen) atoms. The molecule has 25 atom stereocenters. The number of aliphatic hydroxyl groups excluding tert-OH is 11. The fourth-order valence-electron chi connectivity index (χ4n) is 15.2. The Morgan fingerprint density at radius 1 is 0.627 bits per heavy atom. The highest BCUT2D eigenvalue weighted by molar-refractivity contribution is 5.73. The van der Waals surface area contributed by atoms with Crippen LogP contribution in [0.5, 0.6) is 0 Å². The molecule has 0 unspecified atom stereocenters. The molecule has 3 heterocycles. The number of fused-ring (bicyclic) bond motifs is 7. The van der Waals surface area contributed by atoms with Crippen LogP contribution < -0.4 is 0 Å². The fraction of sp³-hybridized carbons (Fsp3) is 0.938. The number of ether oxygens (including phenoxy) is 6. The topological polar surface area (TPSA) is 315 Å². The highest BCUT2D eigenvalue weighted by atomic mass is 16.8. The predicted octanol–water partition coefficient (Wildman–Crippen LogP) is -0.323. The third kappa shape index (κ3) is 8.10. The lowest BCUT2D eigenvalue weighted by Gasteiger charge is -2.72. The molecule has 19 heteroatoms. The molecule has 3 saturated heterocycles. The van der Waals surface area contributed by atoms with Crippen molar-refractivity contribution in [2.75, 3.05) is 19.8 Å². The third-order valence-electron chi connectivity index (χ3n) is 19.5. The van der Waals surface area contributed by atoms with Crippen molar-refractivity contribution in [3.8, 4) is 0 Å². The number of allylic oxidation sites excluding steroid dienone is 2. The zero-order valence-corrected chi connectivity index (χ0v) is 39.8. The van der Waals surface area contributed by atoms with Gasteiger partial charge in [0.15, 0.2) is 25.0 Å². The Bertz CT molecular complexity index is 1830. The van der Waals surface area contributed by atoms with Gasteiger partial charge >= 0.3 is 5.97 Å². The van der Waals surface area contributed by atoms with E-state index >= 15 is 0 Å². The maximum atomic E-state index is 12.5. The first-order valence-corrected chi connectivity index (χ1v) is 24.4. The van der Waals surface area contributed by atoms with Crippen LogP contribution in [0.4, 0.5) is 0 Å². The van der Waals surface area contributed by atoms with E-state index in [0.717, 1.165) is 44.9 Å². The van der Waals surface area contributed by atoms with Crippen molar-refractivity contribution < 1.29 is 94.5 Å². The molecule has 7 fully saturated rings. The van der Waals surface area contributed by atoms with Crippen molar-refractivity contribution in [3.05, 3.63) is 11.6 Å². The summed E-state index contributed by atoms with van der Waals surface area (Å²) in [5.74, 6) is -1.22. The van der Waals surface area contributed by atoms with E-state index in [0.29, 0.717) is 12.8 Å². The molecule has 8 rings (SSSR count). The summed E-state index contributed by atoms with van der Waals surface area (Å²) in [5, 5.41) is 130. The van der Waals surface area contributed by atoms with E-state index in [1.54, 1.807) is 0 Å². The number of carbonyl (C=O) groups is 1. The Labute approximate surface area is 392 Å². The Hall–Kier alpha value is -1.47. The summed E-state index contributed by atoms with van der Waals surface area (Å²) >= 11 is 0. The molecule has 3 aliphatic heterocycles. The van der Waals surface area contributed by atoms with E-state index in [2.05, 4.69) is 47.6 Å². The van der Waals surface area contributed by atoms with Gasteiger partial charge in [0, 0.05) is 10.8 Å². The summed E-state index contributed by atoms with van der Waals surface area (Å²) in [6.45, 7) is 14.0. The molecule has 19 nitrogen and oxygen atoms in total. The lowest BCUT2D eigenvalue weighted by molar-refractivity contribution is -0.397. The van der Waals surface area contributed by atoms with E-state index in [-0.39, 0.29) is 57.5 Å². The summed E-state index contributed by atoms with van der Waals surface area (Å²) in [6, 6.07) is 0. The molecule has 8 aliphatic rings. The van der Waals surface area contributed by atoms with Gasteiger partial charge in [0.05, 0.1) is 32.0 Å². The van der Waals surface area contributed by atoms with Crippen LogP contribution in [0.1, 0.15) is 106 Å². The van der Waals surface area contributed by atoms with Crippen molar-refractivity contribution in [2.24, 2.45) is 50.2 Å². The highest BCUT2D eigenvalue weighted by Gasteiger charge is 2.70. The average molecular weight is 959 g/mol. The molecule has 0 radical (unpaired) electrons. The van der Waals surface area contributed by atoms with Crippen LogP contribution in [0.15, 0.2) is 11.6 Å². The van der Waals surface area contributed by atoms with Crippen LogP contribution in [0, 0.1) is 50.2 Å². The number of aliphatic hydroxyl groups is 11. The molecule has 0 amide bonds. The van der Waals surface area contributed by atoms with Crippen molar-refractivity contribution in [1.29, 1.82) is 0 Å². The van der Waals surface area contributed by atoms with Gasteiger partial charge in [0.25, 0.3) is 0 Å². The number of carboxylic acid groups (broad SMARTS) is 1. The minimum Gasteiger partial charge on any atom is -0.479 e. The molecule has 384 valence electrons. The Balaban J connectivity index is 1.08. The standard InChI is InChI=1S/C48H78O19/c1-43(2)16-22-21-8-9-26-45(4)12-11-28(46(5,20-51)25(45)10-13-48(26,7)47(21,6)15-14-44(22,3)27(52)17-43)64-42-38(34(58)33(57)36(65-42)39(60)61)67-41-37(32(56)30(54)24(19-50)63-41)66-40-35(59)31(55)29(53)23(18-49)62-40/h8,22-38,40-42,49-59H,9-20H2,1-7H3,(H,60,61)/t22-,23-,24-,25-,26-,27+,28+,29-,30-,31-,32-,33+,34-,35-,36+,37-,38-,40-,41-,42+,44-,45-,46-,47+,48+/m1/s1. The van der Waals surface area contributed by atoms with Crippen LogP contribution in [-0.2, 0) is 33.2 Å². The second-order valence-corrected chi connectivity index (χ2v) is 23.6. The lowest BCUT2D eigenvalue weighted by atomic mass is 9.33. The highest BCUT2D eigenvalue weighted by Crippen LogP contribution is 2.76. The minimum absolute atomic E-state index is 0.00861. The normalized spacial score (nSPS) is 55.3. The van der Waals surface area contributed by atoms with E-state index < -0.39 is 123 Å². The van der Waals surface area contributed by atoms with Crippen LogP contribution in [0.2, 0.25) is 0 Å². The molecular weight excluding hydrogens is 881 g/mol. The maximum absolute atomic E-state index is 12.5. The van der Waals surface area contributed by atoms with Gasteiger partial charge in [-0.05, 0) is 97.2 Å². The summed E-state index contributed by atoms with van der Waals surface area (Å²) in [4.78, 5) is 12.5. The molecule has 0 spiro atoms. The van der Waals surface area contributed by atoms with Gasteiger partial charge < -0.3 is 89.7 Å². The smallest absolute Gasteiger partial charge is 0.335 e. The SMILES string of the molecule is CC1(C)C[C@@H]2C3=CC[C@@H]4[C@]5(C)CC[C@H](O[C@H]6O[C@H](C(=O)O)[C@@H](O)[C@@H](O)[C@H]6O[C@H]6O[C@H](CO)[C@@H](O)[C@@H](O)[C@H]6O[C@H]6O[C@H](CO)[C@@H](O)[C@@H](O)[C@H]6O)[C@](C)(CO)[C@@H]5CC[C@]4(C)[C@@]3(C)CC[C@@]2(C)[C@@H](O)C1. The van der Waals surface area contributed by atoms with Gasteiger partial charge in [-0.3, -0.25) is 0 Å². The van der Waals surface area contributed by atoms with E-state index in [4.69, 9.17) is 28.4 Å². The molecule has 4 saturated carbocycles. The molecule has 5 aliphatic carbocycles. The molecule has 0 bridgehead atoms. The van der Waals surface area contributed by atoms with Gasteiger partial charge in [-0.25, -0.2) is 4.79 Å². The van der Waals surface area contributed by atoms with Gasteiger partial charge in [0.2, 0.25) is 0 Å². The largest absolute Gasteiger partial charge is 0.479 e. The number of hydrogen-bond donors (Lipinski definition) is 12. The molecule has 0 aromatic carbocycles. The van der Waals surface area contributed by atoms with Crippen molar-refractivity contribution >= 4 is 5.97 Å². The zero-order chi connectivity index (χ0) is 49.1. The quantitative estimate of drug-likeness (QED) is 0.0986. The summed E-state index contributed by atoms with van der Waals surface area (Å²) in [7, 11) is 0. The van der Waals surface area contributed by atoms with Crippen molar-refractivity contribution in [3.63, 3.8) is 0 Å². The Morgan fingerprint density at radius 3 is 1.82 bits per heavy atom. The molecular formula is C48H78O19. The van der Waals surface area contributed by atoms with Gasteiger partial charge in [-0.15, -0.1) is 0 Å². The van der Waals surface area contributed by atoms with Gasteiger partial charge in [-0.1, -0.05) is 60.1 Å². The van der Waals surface area contributed by atoms with E-state index in [1.165, 1.54) is 5.57 Å². The third-order valence-corrected chi connectivity index (χ3v) is 19.5. The van der Waals surface area contributed by atoms with Crippen molar-refractivity contribution in [1.82, 2.24) is 0 Å². The zero-order valence-electron chi connectivity index (χ0n) is 39.8. The van der Waals surface area contributed by atoms with E-state index in [9.17, 15) is 66.1 Å². The van der Waals surface area contributed by atoms with Crippen LogP contribution in [-0.4, -0.2) is 191 Å². The minimum atomic E-state index is -2.10. The molecule has 0 aromatic heterocycles. The first-order chi connectivity index (χ1) is 31.3. The van der Waals surface area contributed by atoms with Crippen LogP contribution >= 0.6 is 0 Å². The van der Waals surface area contributed by atoms with Crippen LogP contribution in [0.3, 0.4) is 0 Å². The maximum Gasteiger partial charge on any atom is 0.335 e. The molecule has 0 aromatic rings. The molecule has 12 N–H and O–H groups in total. The first-order valence-electron chi connectivity index (χ1n) is 24.4. The summed E-state index contributed by atoms with van der Waals surface area (Å²) < 4.78 is 36.0. The van der Waals surface area contributed by atoms with Gasteiger partial charge in [0.1, 0.15) is 67.1 Å². The fourth-order valence-corrected chi connectivity index (χ4v) is 15.2. The lowest BCUT2D eigenvalue weighted by Crippen LogP contribution is -2.68. The van der Waals surface area contributed by atoms with E-state index in [1.807, 2.05) is 6.92 Å². The average Bonchev–Trinajstić information content (AvgIpc) is 3.27. The van der Waals surface area contributed by atoms with Crippen LogP contribution in [0.25, 0.3) is 0 Å². The number of carboxylic acids is 1. The number of hydrogen-bond acceptors (Lipinski definition) is 18. The predicted molar refractivity (Wildman–Crippen MR) is 232 cm³/mol. The Kier molecular flexibility index (Phi) is 14.1. The monoisotopic (exact) mass is 959 g/mol. The first kappa shape index (κ1) is 51.9. The second-order valence-electron chi connectivity index (χ2n) is 23.6. The number of aliphatic carboxylic acids is 1. The Morgan fingerprint density at radius 2 is 1.21 bits per heavy atom. The summed E-state index contributed by atoms with van der Waals surface area (Å²) in [5.41, 5.74) is -0.143. The van der Waals surface area contributed by atoms with Gasteiger partial charge in [-0.2, -0.15) is 0 Å².